The fourth-order valence-corrected chi connectivity index (χ4v) is 3.77. The molecule has 1 fully saturated rings. The molecule has 0 radical (unpaired) electrons. The van der Waals surface area contributed by atoms with Gasteiger partial charge in [-0.1, -0.05) is 0 Å². The number of nitrogens with one attached hydrogen (secondary N) is 1. The Morgan fingerprint density at radius 3 is 2.44 bits per heavy atom. The molecule has 1 aliphatic carbocycles. The summed E-state index contributed by atoms with van der Waals surface area (Å²) in [6.07, 6.45) is 2.13. The summed E-state index contributed by atoms with van der Waals surface area (Å²) in [4.78, 5) is 30.7. The number of amides is 1. The molecule has 0 atom stereocenters. The van der Waals surface area contributed by atoms with Crippen molar-refractivity contribution in [3.8, 4) is 5.75 Å². The van der Waals surface area contributed by atoms with E-state index in [4.69, 9.17) is 19.6 Å². The van der Waals surface area contributed by atoms with Crippen LogP contribution in [0.4, 0.5) is 5.69 Å². The molecular weight excluding hydrogens is 408 g/mol. The minimum atomic E-state index is -0.561. The highest BCUT2D eigenvalue weighted by atomic mass is 16.5. The number of hydrogen-bond acceptors (Lipinski definition) is 6. The number of carbonyl (C=O) groups excluding carboxylic acids is 2. The van der Waals surface area contributed by atoms with Crippen LogP contribution in [-0.4, -0.2) is 40.9 Å². The summed E-state index contributed by atoms with van der Waals surface area (Å²) in [5.74, 6) is -0.0325. The summed E-state index contributed by atoms with van der Waals surface area (Å²) in [6, 6.07) is 6.72. The van der Waals surface area contributed by atoms with Crippen molar-refractivity contribution in [2.24, 2.45) is 0 Å². The van der Waals surface area contributed by atoms with E-state index >= 15 is 0 Å². The zero-order chi connectivity index (χ0) is 23.2. The summed E-state index contributed by atoms with van der Waals surface area (Å²) in [7, 11) is 2.81. The Hall–Kier alpha value is -3.42. The van der Waals surface area contributed by atoms with Crippen LogP contribution < -0.4 is 10.1 Å². The standard InChI is InChI=1S/C24H28N4O4/c1-13-20-17(12-19(14-7-8-14)25-21(20)28(27-13)24(2,3)4)22(29)26-18-10-9-15(31-5)11-16(18)23(30)32-6/h9-12,14H,7-8H2,1-6H3,(H,26,29). The maximum absolute atomic E-state index is 13.5. The molecule has 0 bridgehead atoms. The molecule has 3 aromatic rings. The molecule has 1 aromatic carbocycles. The maximum Gasteiger partial charge on any atom is 0.340 e. The number of fused-ring (bicyclic) bond motifs is 1. The highest BCUT2D eigenvalue weighted by Gasteiger charge is 2.30. The van der Waals surface area contributed by atoms with Gasteiger partial charge in [-0.25, -0.2) is 14.5 Å². The lowest BCUT2D eigenvalue weighted by Crippen LogP contribution is -2.24. The van der Waals surface area contributed by atoms with Gasteiger partial charge in [0.25, 0.3) is 5.91 Å². The molecule has 0 aliphatic heterocycles. The minimum Gasteiger partial charge on any atom is -0.497 e. The molecule has 8 nitrogen and oxygen atoms in total. The molecule has 1 amide bonds. The Morgan fingerprint density at radius 1 is 1.12 bits per heavy atom. The van der Waals surface area contributed by atoms with Gasteiger partial charge >= 0.3 is 5.97 Å². The second-order valence-corrected chi connectivity index (χ2v) is 9.09. The first-order chi connectivity index (χ1) is 15.1. The molecule has 0 unspecified atom stereocenters. The van der Waals surface area contributed by atoms with Gasteiger partial charge in [-0.2, -0.15) is 5.10 Å². The number of ether oxygens (including phenoxy) is 2. The molecule has 2 aromatic heterocycles. The molecule has 0 spiro atoms. The number of aromatic nitrogens is 3. The van der Waals surface area contributed by atoms with Crippen LogP contribution in [0.2, 0.25) is 0 Å². The van der Waals surface area contributed by atoms with Crippen molar-refractivity contribution in [2.45, 2.75) is 52.0 Å². The average molecular weight is 437 g/mol. The Morgan fingerprint density at radius 2 is 1.84 bits per heavy atom. The second-order valence-electron chi connectivity index (χ2n) is 9.09. The lowest BCUT2D eigenvalue weighted by atomic mass is 10.1. The van der Waals surface area contributed by atoms with Gasteiger partial charge in [-0.15, -0.1) is 0 Å². The Labute approximate surface area is 186 Å². The van der Waals surface area contributed by atoms with Crippen molar-refractivity contribution in [2.75, 3.05) is 19.5 Å². The second kappa shape index (κ2) is 7.93. The number of esters is 1. The van der Waals surface area contributed by atoms with E-state index in [2.05, 4.69) is 26.1 Å². The Bertz CT molecular complexity index is 1220. The molecule has 32 heavy (non-hydrogen) atoms. The van der Waals surface area contributed by atoms with Crippen LogP contribution in [0.15, 0.2) is 24.3 Å². The Kier molecular flexibility index (Phi) is 5.40. The van der Waals surface area contributed by atoms with Gasteiger partial charge in [0.15, 0.2) is 5.65 Å². The monoisotopic (exact) mass is 436 g/mol. The van der Waals surface area contributed by atoms with Crippen molar-refractivity contribution < 1.29 is 19.1 Å². The van der Waals surface area contributed by atoms with E-state index in [1.54, 1.807) is 18.2 Å². The van der Waals surface area contributed by atoms with Crippen LogP contribution in [0.3, 0.4) is 0 Å². The molecule has 4 rings (SSSR count). The third-order valence-electron chi connectivity index (χ3n) is 5.59. The van der Waals surface area contributed by atoms with Gasteiger partial charge in [0.05, 0.1) is 47.7 Å². The number of aryl methyl sites for hydroxylation is 1. The van der Waals surface area contributed by atoms with Gasteiger partial charge in [-0.3, -0.25) is 4.79 Å². The predicted octanol–water partition coefficient (Wildman–Crippen LogP) is 4.42. The topological polar surface area (TPSA) is 95.3 Å². The van der Waals surface area contributed by atoms with Crippen LogP contribution in [-0.2, 0) is 10.3 Å². The van der Waals surface area contributed by atoms with E-state index < -0.39 is 5.97 Å². The SMILES string of the molecule is COC(=O)c1cc(OC)ccc1NC(=O)c1cc(C2CC2)nc2c1c(C)nn2C(C)(C)C. The minimum absolute atomic E-state index is 0.218. The predicted molar refractivity (Wildman–Crippen MR) is 122 cm³/mol. The number of rotatable bonds is 5. The molecule has 1 saturated carbocycles. The van der Waals surface area contributed by atoms with Crippen LogP contribution in [0.5, 0.6) is 5.75 Å². The smallest absolute Gasteiger partial charge is 0.340 e. The van der Waals surface area contributed by atoms with Crippen molar-refractivity contribution in [1.29, 1.82) is 0 Å². The lowest BCUT2D eigenvalue weighted by molar-refractivity contribution is 0.0601. The van der Waals surface area contributed by atoms with Crippen LogP contribution in [0.1, 0.15) is 71.6 Å². The van der Waals surface area contributed by atoms with E-state index in [-0.39, 0.29) is 17.0 Å². The van der Waals surface area contributed by atoms with Crippen LogP contribution in [0.25, 0.3) is 11.0 Å². The first-order valence-electron chi connectivity index (χ1n) is 10.6. The van der Waals surface area contributed by atoms with Crippen LogP contribution >= 0.6 is 0 Å². The van der Waals surface area contributed by atoms with Crippen LogP contribution in [0, 0.1) is 6.92 Å². The van der Waals surface area contributed by atoms with Crippen molar-refractivity contribution >= 4 is 28.6 Å². The molecular formula is C24H28N4O4. The Balaban J connectivity index is 1.83. The molecule has 168 valence electrons. The highest BCUT2D eigenvalue weighted by molar-refractivity contribution is 6.14. The number of hydrogen-bond donors (Lipinski definition) is 1. The largest absolute Gasteiger partial charge is 0.497 e. The van der Waals surface area contributed by atoms with Gasteiger partial charge in [0.2, 0.25) is 0 Å². The summed E-state index contributed by atoms with van der Waals surface area (Å²) in [6.45, 7) is 8.06. The molecule has 2 heterocycles. The molecule has 1 N–H and O–H groups in total. The van der Waals surface area contributed by atoms with E-state index in [1.165, 1.54) is 14.2 Å². The van der Waals surface area contributed by atoms with Gasteiger partial charge in [0.1, 0.15) is 5.75 Å². The van der Waals surface area contributed by atoms with Gasteiger partial charge < -0.3 is 14.8 Å². The number of methoxy groups -OCH3 is 2. The number of anilines is 1. The van der Waals surface area contributed by atoms with Gasteiger partial charge in [-0.05, 0) is 64.8 Å². The van der Waals surface area contributed by atoms with Crippen molar-refractivity contribution in [3.63, 3.8) is 0 Å². The fourth-order valence-electron chi connectivity index (χ4n) is 3.77. The zero-order valence-electron chi connectivity index (χ0n) is 19.3. The molecule has 0 saturated heterocycles. The van der Waals surface area contributed by atoms with E-state index in [1.807, 2.05) is 17.7 Å². The molecule has 8 heteroatoms. The number of carbonyl (C=O) groups is 2. The third kappa shape index (κ3) is 3.92. The van der Waals surface area contributed by atoms with Crippen molar-refractivity contribution in [3.05, 3.63) is 46.8 Å². The van der Waals surface area contributed by atoms with Crippen molar-refractivity contribution in [1.82, 2.24) is 14.8 Å². The quantitative estimate of drug-likeness (QED) is 0.595. The van der Waals surface area contributed by atoms with E-state index in [9.17, 15) is 9.59 Å². The highest BCUT2D eigenvalue weighted by Crippen LogP contribution is 2.41. The summed E-state index contributed by atoms with van der Waals surface area (Å²) >= 11 is 0. The van der Waals surface area contributed by atoms with E-state index in [0.717, 1.165) is 29.6 Å². The first-order valence-corrected chi connectivity index (χ1v) is 10.6. The first kappa shape index (κ1) is 21.8. The summed E-state index contributed by atoms with van der Waals surface area (Å²) in [5, 5.41) is 8.30. The number of pyridine rings is 1. The summed E-state index contributed by atoms with van der Waals surface area (Å²) < 4.78 is 12.0. The summed E-state index contributed by atoms with van der Waals surface area (Å²) in [5.41, 5.74) is 3.11. The van der Waals surface area contributed by atoms with Gasteiger partial charge in [0, 0.05) is 11.6 Å². The number of benzene rings is 1. The average Bonchev–Trinajstić information content (AvgIpc) is 3.55. The maximum atomic E-state index is 13.5. The fraction of sp³-hybridized carbons (Fsp3) is 0.417. The van der Waals surface area contributed by atoms with E-state index in [0.29, 0.717) is 28.6 Å². The normalized spacial score (nSPS) is 13.8. The third-order valence-corrected chi connectivity index (χ3v) is 5.59. The molecule has 1 aliphatic rings. The lowest BCUT2D eigenvalue weighted by Gasteiger charge is -2.20. The number of nitrogens with zero attached hydrogens (tertiary/aromatic N) is 3. The zero-order valence-corrected chi connectivity index (χ0v) is 19.3.